The molecule has 3 rings (SSSR count). The summed E-state index contributed by atoms with van der Waals surface area (Å²) in [5.74, 6) is -0.472. The standard InChI is InChI=1S/C18H17ClN4O3/c19-13-3-1-12(2-4-13)18(26)23-8-7-15(11-23)22-16-10-20-14(9-21-16)5-6-17(24)25/h1-6,9-10,15H,7-8,11H2,(H,21,22)(H,24,25)/t15-/m1/s1. The number of halogens is 1. The number of carboxylic acid groups (broad SMARTS) is 1. The Balaban J connectivity index is 1.56. The molecular formula is C18H17ClN4O3. The lowest BCUT2D eigenvalue weighted by Crippen LogP contribution is -2.31. The first kappa shape index (κ1) is 17.9. The Kier molecular flexibility index (Phi) is 5.48. The molecule has 7 nitrogen and oxygen atoms in total. The summed E-state index contributed by atoms with van der Waals surface area (Å²) >= 11 is 5.85. The van der Waals surface area contributed by atoms with Gasteiger partial charge in [-0.2, -0.15) is 0 Å². The summed E-state index contributed by atoms with van der Waals surface area (Å²) in [5, 5.41) is 12.4. The summed E-state index contributed by atoms with van der Waals surface area (Å²) in [4.78, 5) is 33.1. The number of carboxylic acids is 1. The molecule has 1 atom stereocenters. The van der Waals surface area contributed by atoms with Crippen LogP contribution in [0, 0.1) is 0 Å². The fourth-order valence-corrected chi connectivity index (χ4v) is 2.83. The molecule has 1 fully saturated rings. The number of carbonyl (C=O) groups is 2. The Labute approximate surface area is 155 Å². The number of aromatic nitrogens is 2. The Hall–Kier alpha value is -2.93. The zero-order chi connectivity index (χ0) is 18.5. The van der Waals surface area contributed by atoms with Gasteiger partial charge in [0.05, 0.1) is 18.1 Å². The lowest BCUT2D eigenvalue weighted by atomic mass is 10.2. The third-order valence-electron chi connectivity index (χ3n) is 3.99. The molecule has 26 heavy (non-hydrogen) atoms. The van der Waals surface area contributed by atoms with E-state index in [-0.39, 0.29) is 11.9 Å². The Morgan fingerprint density at radius 3 is 2.65 bits per heavy atom. The summed E-state index contributed by atoms with van der Waals surface area (Å²) in [6.07, 6.45) is 6.23. The number of anilines is 1. The van der Waals surface area contributed by atoms with Gasteiger partial charge in [0.2, 0.25) is 0 Å². The zero-order valence-electron chi connectivity index (χ0n) is 13.8. The fourth-order valence-electron chi connectivity index (χ4n) is 2.70. The van der Waals surface area contributed by atoms with Crippen molar-refractivity contribution in [3.63, 3.8) is 0 Å². The third kappa shape index (κ3) is 4.58. The van der Waals surface area contributed by atoms with E-state index in [1.165, 1.54) is 12.3 Å². The molecule has 1 aromatic heterocycles. The van der Waals surface area contributed by atoms with E-state index in [0.29, 0.717) is 35.2 Å². The number of nitrogens with zero attached hydrogens (tertiary/aromatic N) is 3. The van der Waals surface area contributed by atoms with Gasteiger partial charge < -0.3 is 15.3 Å². The van der Waals surface area contributed by atoms with Crippen molar-refractivity contribution in [1.29, 1.82) is 0 Å². The van der Waals surface area contributed by atoms with E-state index in [4.69, 9.17) is 16.7 Å². The average molecular weight is 373 g/mol. The molecular weight excluding hydrogens is 356 g/mol. The zero-order valence-corrected chi connectivity index (χ0v) is 14.6. The molecule has 0 unspecified atom stereocenters. The van der Waals surface area contributed by atoms with E-state index in [1.54, 1.807) is 35.4 Å². The van der Waals surface area contributed by atoms with Crippen LogP contribution in [0.1, 0.15) is 22.5 Å². The Morgan fingerprint density at radius 2 is 2.00 bits per heavy atom. The molecule has 0 bridgehead atoms. The number of hydrogen-bond donors (Lipinski definition) is 2. The molecule has 0 saturated carbocycles. The predicted octanol–water partition coefficient (Wildman–Crippen LogP) is 2.55. The van der Waals surface area contributed by atoms with Crippen LogP contribution >= 0.6 is 11.6 Å². The maximum atomic E-state index is 12.5. The molecule has 1 amide bonds. The highest BCUT2D eigenvalue weighted by Crippen LogP contribution is 2.18. The van der Waals surface area contributed by atoms with Crippen molar-refractivity contribution in [3.8, 4) is 0 Å². The van der Waals surface area contributed by atoms with E-state index in [0.717, 1.165) is 12.5 Å². The van der Waals surface area contributed by atoms with Crippen molar-refractivity contribution < 1.29 is 14.7 Å². The molecule has 0 radical (unpaired) electrons. The van der Waals surface area contributed by atoms with Crippen LogP contribution in [0.4, 0.5) is 5.82 Å². The number of hydrogen-bond acceptors (Lipinski definition) is 5. The smallest absolute Gasteiger partial charge is 0.328 e. The minimum Gasteiger partial charge on any atom is -0.478 e. The van der Waals surface area contributed by atoms with E-state index < -0.39 is 5.97 Å². The highest BCUT2D eigenvalue weighted by atomic mass is 35.5. The monoisotopic (exact) mass is 372 g/mol. The minimum atomic E-state index is -1.04. The van der Waals surface area contributed by atoms with Gasteiger partial charge >= 0.3 is 5.97 Å². The van der Waals surface area contributed by atoms with Crippen LogP contribution in [-0.4, -0.2) is 51.0 Å². The van der Waals surface area contributed by atoms with Gasteiger partial charge in [-0.15, -0.1) is 0 Å². The van der Waals surface area contributed by atoms with Crippen LogP contribution in [-0.2, 0) is 4.79 Å². The van der Waals surface area contributed by atoms with E-state index in [2.05, 4.69) is 15.3 Å². The molecule has 2 heterocycles. The molecule has 1 aliphatic heterocycles. The van der Waals surface area contributed by atoms with Crippen LogP contribution in [0.2, 0.25) is 5.02 Å². The van der Waals surface area contributed by atoms with Crippen molar-refractivity contribution >= 4 is 35.4 Å². The van der Waals surface area contributed by atoms with Crippen LogP contribution < -0.4 is 5.32 Å². The number of nitrogens with one attached hydrogen (secondary N) is 1. The first-order chi connectivity index (χ1) is 12.5. The third-order valence-corrected chi connectivity index (χ3v) is 4.24. The first-order valence-corrected chi connectivity index (χ1v) is 8.43. The van der Waals surface area contributed by atoms with Crippen LogP contribution in [0.5, 0.6) is 0 Å². The summed E-state index contributed by atoms with van der Waals surface area (Å²) in [5.41, 5.74) is 1.08. The van der Waals surface area contributed by atoms with Crippen molar-refractivity contribution in [3.05, 3.63) is 59.0 Å². The molecule has 1 aliphatic rings. The van der Waals surface area contributed by atoms with Gasteiger partial charge in [-0.3, -0.25) is 9.78 Å². The summed E-state index contributed by atoms with van der Waals surface area (Å²) < 4.78 is 0. The molecule has 0 aliphatic carbocycles. The number of aliphatic carboxylic acids is 1. The lowest BCUT2D eigenvalue weighted by molar-refractivity contribution is -0.131. The SMILES string of the molecule is O=C(O)C=Cc1cnc(N[C@@H]2CCN(C(=O)c3ccc(Cl)cc3)C2)cn1. The van der Waals surface area contributed by atoms with E-state index in [1.807, 2.05) is 0 Å². The normalized spacial score (nSPS) is 16.8. The Morgan fingerprint density at radius 1 is 1.23 bits per heavy atom. The number of amides is 1. The van der Waals surface area contributed by atoms with Gasteiger partial charge in [0.15, 0.2) is 0 Å². The molecule has 2 aromatic rings. The fraction of sp³-hybridized carbons (Fsp3) is 0.222. The summed E-state index contributed by atoms with van der Waals surface area (Å²) in [6.45, 7) is 1.23. The number of carbonyl (C=O) groups excluding carboxylic acids is 1. The highest BCUT2D eigenvalue weighted by molar-refractivity contribution is 6.30. The molecule has 0 spiro atoms. The second kappa shape index (κ2) is 7.97. The maximum absolute atomic E-state index is 12.5. The largest absolute Gasteiger partial charge is 0.478 e. The van der Waals surface area contributed by atoms with E-state index >= 15 is 0 Å². The van der Waals surface area contributed by atoms with Gasteiger partial charge in [-0.05, 0) is 36.8 Å². The summed E-state index contributed by atoms with van der Waals surface area (Å²) in [7, 11) is 0. The summed E-state index contributed by atoms with van der Waals surface area (Å²) in [6, 6.07) is 6.94. The molecule has 1 saturated heterocycles. The average Bonchev–Trinajstić information content (AvgIpc) is 3.09. The van der Waals surface area contributed by atoms with Gasteiger partial charge in [0.1, 0.15) is 5.82 Å². The Bertz CT molecular complexity index is 821. The topological polar surface area (TPSA) is 95.4 Å². The van der Waals surface area contributed by atoms with Gasteiger partial charge in [-0.25, -0.2) is 9.78 Å². The van der Waals surface area contributed by atoms with Gasteiger partial charge in [0.25, 0.3) is 5.91 Å². The molecule has 134 valence electrons. The van der Waals surface area contributed by atoms with E-state index in [9.17, 15) is 9.59 Å². The van der Waals surface area contributed by atoms with Crippen molar-refractivity contribution in [1.82, 2.24) is 14.9 Å². The minimum absolute atomic E-state index is 0.0220. The molecule has 1 aromatic carbocycles. The van der Waals surface area contributed by atoms with Crippen molar-refractivity contribution in [2.75, 3.05) is 18.4 Å². The second-order valence-corrected chi connectivity index (χ2v) is 6.32. The van der Waals surface area contributed by atoms with Crippen LogP contribution in [0.25, 0.3) is 6.08 Å². The van der Waals surface area contributed by atoms with Crippen molar-refractivity contribution in [2.24, 2.45) is 0 Å². The quantitative estimate of drug-likeness (QED) is 0.783. The van der Waals surface area contributed by atoms with Crippen LogP contribution in [0.15, 0.2) is 42.7 Å². The van der Waals surface area contributed by atoms with Crippen molar-refractivity contribution in [2.45, 2.75) is 12.5 Å². The van der Waals surface area contributed by atoms with Crippen LogP contribution in [0.3, 0.4) is 0 Å². The lowest BCUT2D eigenvalue weighted by Gasteiger charge is -2.17. The number of benzene rings is 1. The number of likely N-dealkylation sites (tertiary alicyclic amines) is 1. The predicted molar refractivity (Wildman–Crippen MR) is 98.1 cm³/mol. The second-order valence-electron chi connectivity index (χ2n) is 5.89. The van der Waals surface area contributed by atoms with Gasteiger partial charge in [-0.1, -0.05) is 11.6 Å². The maximum Gasteiger partial charge on any atom is 0.328 e. The molecule has 2 N–H and O–H groups in total. The van der Waals surface area contributed by atoms with Gasteiger partial charge in [0, 0.05) is 35.8 Å². The first-order valence-electron chi connectivity index (χ1n) is 8.06. The molecule has 8 heteroatoms. The highest BCUT2D eigenvalue weighted by Gasteiger charge is 2.27. The number of rotatable bonds is 5.